The largest absolute Gasteiger partial charge is 0.338 e. The Morgan fingerprint density at radius 3 is 2.75 bits per heavy atom. The van der Waals surface area contributed by atoms with Crippen molar-refractivity contribution in [3.05, 3.63) is 71.0 Å². The van der Waals surface area contributed by atoms with Crippen molar-refractivity contribution in [2.75, 3.05) is 5.32 Å². The van der Waals surface area contributed by atoms with Crippen LogP contribution in [0.5, 0.6) is 0 Å². The van der Waals surface area contributed by atoms with Crippen molar-refractivity contribution in [1.29, 1.82) is 0 Å². The molecule has 0 aliphatic heterocycles. The second-order valence-corrected chi connectivity index (χ2v) is 6.39. The van der Waals surface area contributed by atoms with Crippen LogP contribution in [0.25, 0.3) is 21.1 Å². The Morgan fingerprint density at radius 2 is 1.88 bits per heavy atom. The molecule has 2 heterocycles. The Morgan fingerprint density at radius 1 is 1.08 bits per heavy atom. The smallest absolute Gasteiger partial charge is 0.246 e. The minimum atomic E-state index is -0.178. The lowest BCUT2D eigenvalue weighted by Gasteiger charge is -2.09. The average Bonchev–Trinajstić information content (AvgIpc) is 3.00. The molecule has 0 bridgehead atoms. The number of nitrogens with one attached hydrogen (secondary N) is 1. The van der Waals surface area contributed by atoms with Crippen LogP contribution in [0.2, 0.25) is 0 Å². The second-order valence-electron chi connectivity index (χ2n) is 5.36. The van der Waals surface area contributed by atoms with E-state index in [4.69, 9.17) is 0 Å². The Bertz CT molecular complexity index is 1080. The number of hydrogen-bond donors (Lipinski definition) is 1. The highest BCUT2D eigenvalue weighted by atomic mass is 32.1. The minimum absolute atomic E-state index is 0.0477. The van der Waals surface area contributed by atoms with Crippen LogP contribution < -0.4 is 10.7 Å². The van der Waals surface area contributed by atoms with Crippen molar-refractivity contribution in [3.8, 4) is 0 Å². The summed E-state index contributed by atoms with van der Waals surface area (Å²) in [4.78, 5) is 28.6. The van der Waals surface area contributed by atoms with Gasteiger partial charge in [-0.25, -0.2) is 4.98 Å². The van der Waals surface area contributed by atoms with E-state index in [-0.39, 0.29) is 17.9 Å². The Hall–Kier alpha value is -2.99. The lowest BCUT2D eigenvalue weighted by atomic mass is 10.2. The standard InChI is InChI=1S/C18H13N3O2S/c22-15-9-10-21(14-7-3-1-5-12(14)15)11-17(23)20-18-19-13-6-2-4-8-16(13)24-18/h1-10H,11H2,(H,19,20,23). The van der Waals surface area contributed by atoms with Crippen molar-refractivity contribution in [2.24, 2.45) is 0 Å². The number of para-hydroxylation sites is 2. The molecule has 2 aromatic carbocycles. The van der Waals surface area contributed by atoms with Crippen LogP contribution in [0.1, 0.15) is 0 Å². The fraction of sp³-hybridized carbons (Fsp3) is 0.0556. The molecule has 4 aromatic rings. The molecule has 0 radical (unpaired) electrons. The van der Waals surface area contributed by atoms with E-state index >= 15 is 0 Å². The van der Waals surface area contributed by atoms with Crippen LogP contribution in [-0.4, -0.2) is 15.5 Å². The number of pyridine rings is 1. The zero-order chi connectivity index (χ0) is 16.5. The van der Waals surface area contributed by atoms with Crippen molar-refractivity contribution in [2.45, 2.75) is 6.54 Å². The molecule has 1 N–H and O–H groups in total. The minimum Gasteiger partial charge on any atom is -0.338 e. The summed E-state index contributed by atoms with van der Waals surface area (Å²) < 4.78 is 2.79. The second kappa shape index (κ2) is 5.90. The van der Waals surface area contributed by atoms with Gasteiger partial charge < -0.3 is 9.88 Å². The van der Waals surface area contributed by atoms with E-state index in [1.165, 1.54) is 17.4 Å². The van der Waals surface area contributed by atoms with Crippen molar-refractivity contribution in [1.82, 2.24) is 9.55 Å². The van der Waals surface area contributed by atoms with E-state index in [0.29, 0.717) is 10.5 Å². The van der Waals surface area contributed by atoms with E-state index in [1.54, 1.807) is 16.8 Å². The van der Waals surface area contributed by atoms with Gasteiger partial charge in [0.25, 0.3) is 0 Å². The summed E-state index contributed by atoms with van der Waals surface area (Å²) in [5, 5.41) is 4.01. The van der Waals surface area contributed by atoms with Crippen LogP contribution in [0, 0.1) is 0 Å². The molecule has 0 atom stereocenters. The Labute approximate surface area is 141 Å². The van der Waals surface area contributed by atoms with Crippen molar-refractivity contribution < 1.29 is 4.79 Å². The van der Waals surface area contributed by atoms with Gasteiger partial charge >= 0.3 is 0 Å². The highest BCUT2D eigenvalue weighted by Gasteiger charge is 2.10. The fourth-order valence-electron chi connectivity index (χ4n) is 2.64. The van der Waals surface area contributed by atoms with Gasteiger partial charge in [0.15, 0.2) is 10.6 Å². The molecule has 24 heavy (non-hydrogen) atoms. The molecule has 6 heteroatoms. The lowest BCUT2D eigenvalue weighted by Crippen LogP contribution is -2.20. The first-order valence-electron chi connectivity index (χ1n) is 7.44. The molecule has 5 nitrogen and oxygen atoms in total. The van der Waals surface area contributed by atoms with E-state index in [9.17, 15) is 9.59 Å². The summed E-state index contributed by atoms with van der Waals surface area (Å²) in [6, 6.07) is 16.5. The SMILES string of the molecule is O=C(Cn1ccc(=O)c2ccccc21)Nc1nc2ccccc2s1. The van der Waals surface area contributed by atoms with Gasteiger partial charge in [-0.3, -0.25) is 9.59 Å². The Balaban J connectivity index is 1.60. The molecule has 0 aliphatic rings. The number of amides is 1. The summed E-state index contributed by atoms with van der Waals surface area (Å²) >= 11 is 1.44. The normalized spacial score (nSPS) is 11.0. The number of carbonyl (C=O) groups is 1. The molecule has 0 saturated carbocycles. The first-order valence-corrected chi connectivity index (χ1v) is 8.26. The number of thiazole rings is 1. The van der Waals surface area contributed by atoms with E-state index in [2.05, 4.69) is 10.3 Å². The Kier molecular flexibility index (Phi) is 3.59. The summed E-state index contributed by atoms with van der Waals surface area (Å²) in [6.07, 6.45) is 1.64. The van der Waals surface area contributed by atoms with E-state index in [0.717, 1.165) is 15.7 Å². The average molecular weight is 335 g/mol. The predicted octanol–water partition coefficient (Wildman–Crippen LogP) is 3.25. The van der Waals surface area contributed by atoms with Crippen molar-refractivity contribution in [3.63, 3.8) is 0 Å². The topological polar surface area (TPSA) is 64.0 Å². The maximum absolute atomic E-state index is 12.3. The van der Waals surface area contributed by atoms with E-state index < -0.39 is 0 Å². The van der Waals surface area contributed by atoms with Gasteiger partial charge in [-0.1, -0.05) is 35.6 Å². The van der Waals surface area contributed by atoms with Gasteiger partial charge in [-0.2, -0.15) is 0 Å². The molecule has 0 spiro atoms. The summed E-state index contributed by atoms with van der Waals surface area (Å²) in [6.45, 7) is 0.122. The molecule has 1 amide bonds. The quantitative estimate of drug-likeness (QED) is 0.625. The number of benzene rings is 2. The molecule has 2 aromatic heterocycles. The van der Waals surface area contributed by atoms with Gasteiger partial charge in [0.2, 0.25) is 5.91 Å². The third kappa shape index (κ3) is 2.68. The number of carbonyl (C=O) groups excluding carboxylic acids is 1. The van der Waals surface area contributed by atoms with Crippen LogP contribution in [0.3, 0.4) is 0 Å². The van der Waals surface area contributed by atoms with Gasteiger partial charge in [-0.15, -0.1) is 0 Å². The molecule has 0 saturated heterocycles. The number of aromatic nitrogens is 2. The summed E-state index contributed by atoms with van der Waals surface area (Å²) in [5.74, 6) is -0.178. The highest BCUT2D eigenvalue weighted by Crippen LogP contribution is 2.25. The number of rotatable bonds is 3. The van der Waals surface area contributed by atoms with E-state index in [1.807, 2.05) is 42.5 Å². The first-order chi connectivity index (χ1) is 11.7. The van der Waals surface area contributed by atoms with Crippen LogP contribution in [0.4, 0.5) is 5.13 Å². The van der Waals surface area contributed by atoms with Crippen LogP contribution in [0.15, 0.2) is 65.6 Å². The first kappa shape index (κ1) is 14.6. The number of hydrogen-bond acceptors (Lipinski definition) is 4. The van der Waals surface area contributed by atoms with Crippen LogP contribution >= 0.6 is 11.3 Å². The molecular formula is C18H13N3O2S. The molecule has 0 unspecified atom stereocenters. The maximum Gasteiger partial charge on any atom is 0.246 e. The molecule has 0 fully saturated rings. The molecule has 118 valence electrons. The van der Waals surface area contributed by atoms with Gasteiger partial charge in [0, 0.05) is 17.6 Å². The zero-order valence-corrected chi connectivity index (χ0v) is 13.4. The lowest BCUT2D eigenvalue weighted by molar-refractivity contribution is -0.116. The number of anilines is 1. The third-order valence-electron chi connectivity index (χ3n) is 3.74. The molecule has 4 rings (SSSR count). The molecular weight excluding hydrogens is 322 g/mol. The van der Waals surface area contributed by atoms with Gasteiger partial charge in [-0.05, 0) is 24.3 Å². The van der Waals surface area contributed by atoms with Crippen LogP contribution in [-0.2, 0) is 11.3 Å². The summed E-state index contributed by atoms with van der Waals surface area (Å²) in [5.41, 5.74) is 1.56. The zero-order valence-electron chi connectivity index (χ0n) is 12.6. The predicted molar refractivity (Wildman–Crippen MR) is 96.5 cm³/mol. The van der Waals surface area contributed by atoms with Crippen molar-refractivity contribution >= 4 is 43.5 Å². The fourth-order valence-corrected chi connectivity index (χ4v) is 3.52. The monoisotopic (exact) mass is 335 g/mol. The van der Waals surface area contributed by atoms with Gasteiger partial charge in [0.1, 0.15) is 6.54 Å². The maximum atomic E-state index is 12.3. The van der Waals surface area contributed by atoms with Gasteiger partial charge in [0.05, 0.1) is 15.7 Å². The highest BCUT2D eigenvalue weighted by molar-refractivity contribution is 7.22. The third-order valence-corrected chi connectivity index (χ3v) is 4.69. The number of nitrogens with zero attached hydrogens (tertiary/aromatic N) is 2. The summed E-state index contributed by atoms with van der Waals surface area (Å²) in [7, 11) is 0. The number of fused-ring (bicyclic) bond motifs is 2. The molecule has 0 aliphatic carbocycles.